The molecule has 0 aliphatic heterocycles. The molecule has 0 saturated carbocycles. The fraction of sp³-hybridized carbons (Fsp3) is 0.909. The maximum atomic E-state index is 11.3. The zero-order valence-electron chi connectivity index (χ0n) is 10.2. The third-order valence-electron chi connectivity index (χ3n) is 2.29. The molecule has 5 heteroatoms. The number of nitrogens with two attached hydrogens (primary N) is 1. The van der Waals surface area contributed by atoms with Gasteiger partial charge in [-0.2, -0.15) is 0 Å². The van der Waals surface area contributed by atoms with E-state index in [4.69, 9.17) is 5.73 Å². The van der Waals surface area contributed by atoms with E-state index in [-0.39, 0.29) is 5.91 Å². The van der Waals surface area contributed by atoms with Crippen molar-refractivity contribution in [1.82, 2.24) is 5.32 Å². The van der Waals surface area contributed by atoms with Gasteiger partial charge in [0, 0.05) is 35.8 Å². The van der Waals surface area contributed by atoms with Crippen LogP contribution in [0.2, 0.25) is 0 Å². The summed E-state index contributed by atoms with van der Waals surface area (Å²) in [4.78, 5) is 11.3. The molecule has 0 rings (SSSR count). The van der Waals surface area contributed by atoms with Crippen LogP contribution in [0.25, 0.3) is 0 Å². The number of amides is 1. The van der Waals surface area contributed by atoms with Crippen molar-refractivity contribution in [3.63, 3.8) is 0 Å². The summed E-state index contributed by atoms with van der Waals surface area (Å²) in [6.45, 7) is 1.38. The molecule has 0 aliphatic carbocycles. The Morgan fingerprint density at radius 1 is 1.19 bits per heavy atom. The Kier molecular flexibility index (Phi) is 10.8. The highest BCUT2D eigenvalue weighted by Gasteiger charge is 2.00. The van der Waals surface area contributed by atoms with Crippen LogP contribution < -0.4 is 11.1 Å². The highest BCUT2D eigenvalue weighted by Crippen LogP contribution is 2.01. The van der Waals surface area contributed by atoms with Crippen LogP contribution in [0.4, 0.5) is 0 Å². The number of unbranched alkanes of at least 4 members (excludes halogenated alkanes) is 3. The van der Waals surface area contributed by atoms with Crippen molar-refractivity contribution in [2.45, 2.75) is 38.5 Å². The lowest BCUT2D eigenvalue weighted by Crippen LogP contribution is -2.24. The van der Waals surface area contributed by atoms with Crippen molar-refractivity contribution in [3.8, 4) is 0 Å². The van der Waals surface area contributed by atoms with E-state index in [9.17, 15) is 9.00 Å². The van der Waals surface area contributed by atoms with Gasteiger partial charge in [-0.3, -0.25) is 9.00 Å². The van der Waals surface area contributed by atoms with E-state index < -0.39 is 10.8 Å². The largest absolute Gasteiger partial charge is 0.356 e. The molecule has 1 unspecified atom stereocenters. The lowest BCUT2D eigenvalue weighted by molar-refractivity contribution is -0.121. The monoisotopic (exact) mass is 248 g/mol. The Hall–Kier alpha value is -0.420. The maximum absolute atomic E-state index is 11.3. The number of hydrogen-bond donors (Lipinski definition) is 2. The van der Waals surface area contributed by atoms with E-state index >= 15 is 0 Å². The molecule has 0 heterocycles. The van der Waals surface area contributed by atoms with Crippen molar-refractivity contribution < 1.29 is 9.00 Å². The minimum Gasteiger partial charge on any atom is -0.356 e. The molecule has 96 valence electrons. The van der Waals surface area contributed by atoms with Crippen molar-refractivity contribution >= 4 is 16.7 Å². The Morgan fingerprint density at radius 2 is 1.88 bits per heavy atom. The molecule has 0 saturated heterocycles. The van der Waals surface area contributed by atoms with E-state index in [1.807, 2.05) is 0 Å². The van der Waals surface area contributed by atoms with Gasteiger partial charge < -0.3 is 11.1 Å². The van der Waals surface area contributed by atoms with Gasteiger partial charge in [-0.05, 0) is 25.8 Å². The third kappa shape index (κ3) is 11.7. The summed E-state index contributed by atoms with van der Waals surface area (Å²) in [5.41, 5.74) is 5.37. The fourth-order valence-electron chi connectivity index (χ4n) is 1.38. The molecule has 4 nitrogen and oxygen atoms in total. The molecule has 0 fully saturated rings. The van der Waals surface area contributed by atoms with Gasteiger partial charge in [0.25, 0.3) is 0 Å². The van der Waals surface area contributed by atoms with Crippen LogP contribution in [0.3, 0.4) is 0 Å². The maximum Gasteiger partial charge on any atom is 0.219 e. The van der Waals surface area contributed by atoms with Gasteiger partial charge in [0.2, 0.25) is 5.91 Å². The zero-order valence-corrected chi connectivity index (χ0v) is 11.0. The molecule has 16 heavy (non-hydrogen) atoms. The van der Waals surface area contributed by atoms with E-state index in [0.717, 1.165) is 38.6 Å². The highest BCUT2D eigenvalue weighted by atomic mass is 32.2. The van der Waals surface area contributed by atoms with Gasteiger partial charge in [0.15, 0.2) is 0 Å². The molecular formula is C11H24N2O2S. The molecule has 0 spiro atoms. The van der Waals surface area contributed by atoms with Gasteiger partial charge in [0.05, 0.1) is 0 Å². The van der Waals surface area contributed by atoms with E-state index in [0.29, 0.717) is 18.7 Å². The Labute approximate surface area is 101 Å². The minimum absolute atomic E-state index is 0.106. The van der Waals surface area contributed by atoms with Crippen LogP contribution in [-0.4, -0.2) is 35.2 Å². The van der Waals surface area contributed by atoms with Crippen LogP contribution in [-0.2, 0) is 15.6 Å². The summed E-state index contributed by atoms with van der Waals surface area (Å²) in [6.07, 6.45) is 7.23. The minimum atomic E-state index is -0.753. The van der Waals surface area contributed by atoms with E-state index in [1.165, 1.54) is 0 Å². The summed E-state index contributed by atoms with van der Waals surface area (Å²) in [7, 11) is -0.753. The van der Waals surface area contributed by atoms with Gasteiger partial charge in [-0.15, -0.1) is 0 Å². The van der Waals surface area contributed by atoms with Crippen LogP contribution in [0, 0.1) is 0 Å². The van der Waals surface area contributed by atoms with Crippen LogP contribution >= 0.6 is 0 Å². The van der Waals surface area contributed by atoms with Crippen molar-refractivity contribution in [3.05, 3.63) is 0 Å². The number of rotatable bonds is 10. The molecule has 0 aromatic rings. The molecule has 0 aromatic heterocycles. The topological polar surface area (TPSA) is 72.2 Å². The zero-order chi connectivity index (χ0) is 12.2. The van der Waals surface area contributed by atoms with Gasteiger partial charge in [0.1, 0.15) is 0 Å². The molecule has 0 bridgehead atoms. The van der Waals surface area contributed by atoms with E-state index in [1.54, 1.807) is 6.26 Å². The molecular weight excluding hydrogens is 224 g/mol. The van der Waals surface area contributed by atoms with Crippen molar-refractivity contribution in [1.29, 1.82) is 0 Å². The van der Waals surface area contributed by atoms with Crippen LogP contribution in [0.5, 0.6) is 0 Å². The summed E-state index contributed by atoms with van der Waals surface area (Å²) in [5.74, 6) is 0.770. The number of hydrogen-bond acceptors (Lipinski definition) is 3. The Bertz CT molecular complexity index is 210. The van der Waals surface area contributed by atoms with Crippen LogP contribution in [0.15, 0.2) is 0 Å². The first-order valence-electron chi connectivity index (χ1n) is 5.93. The van der Waals surface area contributed by atoms with Gasteiger partial charge >= 0.3 is 0 Å². The van der Waals surface area contributed by atoms with Crippen molar-refractivity contribution in [2.75, 3.05) is 25.1 Å². The summed E-state index contributed by atoms with van der Waals surface area (Å²) in [5, 5.41) is 2.83. The second-order valence-corrected chi connectivity index (χ2v) is 5.49. The van der Waals surface area contributed by atoms with Crippen molar-refractivity contribution in [2.24, 2.45) is 5.73 Å². The van der Waals surface area contributed by atoms with Gasteiger partial charge in [-0.25, -0.2) is 0 Å². The number of nitrogens with one attached hydrogen (secondary N) is 1. The first-order valence-corrected chi connectivity index (χ1v) is 7.66. The summed E-state index contributed by atoms with van der Waals surface area (Å²) < 4.78 is 10.7. The number of carbonyl (C=O) groups is 1. The normalized spacial score (nSPS) is 12.4. The first kappa shape index (κ1) is 15.6. The quantitative estimate of drug-likeness (QED) is 0.561. The summed E-state index contributed by atoms with van der Waals surface area (Å²) >= 11 is 0. The second-order valence-electron chi connectivity index (χ2n) is 3.93. The molecule has 0 radical (unpaired) electrons. The van der Waals surface area contributed by atoms with Crippen LogP contribution in [0.1, 0.15) is 38.5 Å². The predicted octanol–water partition coefficient (Wildman–Crippen LogP) is 0.780. The predicted molar refractivity (Wildman–Crippen MR) is 68.7 cm³/mol. The molecule has 1 amide bonds. The lowest BCUT2D eigenvalue weighted by atomic mass is 10.1. The summed E-state index contributed by atoms with van der Waals surface area (Å²) in [6, 6.07) is 0. The second kappa shape index (κ2) is 11.1. The highest BCUT2D eigenvalue weighted by molar-refractivity contribution is 7.84. The molecule has 0 aliphatic rings. The number of carbonyl (C=O) groups excluding carboxylic acids is 1. The standard InChI is InChI=1S/C11H24N2O2S/c1-16(15)10-6-9-13-11(14)7-4-2-3-5-8-12/h2-10,12H2,1H3,(H,13,14). The first-order chi connectivity index (χ1) is 7.66. The Balaban J connectivity index is 3.21. The van der Waals surface area contributed by atoms with E-state index in [2.05, 4.69) is 5.32 Å². The average molecular weight is 248 g/mol. The lowest BCUT2D eigenvalue weighted by Gasteiger charge is -2.04. The van der Waals surface area contributed by atoms with Gasteiger partial charge in [-0.1, -0.05) is 12.8 Å². The average Bonchev–Trinajstić information content (AvgIpc) is 2.24. The molecule has 3 N–H and O–H groups in total. The molecule has 1 atom stereocenters. The fourth-order valence-corrected chi connectivity index (χ4v) is 1.93. The Morgan fingerprint density at radius 3 is 2.50 bits per heavy atom. The molecule has 0 aromatic carbocycles. The SMILES string of the molecule is CS(=O)CCCNC(=O)CCCCCCN. The third-order valence-corrected chi connectivity index (χ3v) is 3.15. The smallest absolute Gasteiger partial charge is 0.219 e.